The number of ether oxygens (including phenoxy) is 2. The Bertz CT molecular complexity index is 365. The molecule has 0 heterocycles. The molecule has 0 aliphatic rings. The maximum atomic E-state index is 6.06. The fourth-order valence-electron chi connectivity index (χ4n) is 3.73. The summed E-state index contributed by atoms with van der Waals surface area (Å²) in [5.41, 5.74) is 0. The molecule has 0 spiro atoms. The van der Waals surface area contributed by atoms with Crippen LogP contribution >= 0.6 is 0 Å². The maximum Gasteiger partial charge on any atom is 0.321 e. The summed E-state index contributed by atoms with van der Waals surface area (Å²) in [6, 6.07) is 2.13. The number of hydrogen-bond donors (Lipinski definition) is 0. The Morgan fingerprint density at radius 1 is 0.576 bits per heavy atom. The van der Waals surface area contributed by atoms with Gasteiger partial charge in [-0.3, -0.25) is 4.90 Å². The van der Waals surface area contributed by atoms with Crippen LogP contribution in [0.3, 0.4) is 0 Å². The van der Waals surface area contributed by atoms with Crippen molar-refractivity contribution in [2.75, 3.05) is 59.3 Å². The molecule has 0 aromatic carbocycles. The van der Waals surface area contributed by atoms with Crippen molar-refractivity contribution in [1.82, 2.24) is 4.90 Å². The zero-order valence-electron chi connectivity index (χ0n) is 22.8. The summed E-state index contributed by atoms with van der Waals surface area (Å²) in [5.74, 6) is 0. The van der Waals surface area contributed by atoms with Crippen LogP contribution in [0.2, 0.25) is 12.1 Å². The van der Waals surface area contributed by atoms with Crippen LogP contribution in [0.25, 0.3) is 0 Å². The van der Waals surface area contributed by atoms with E-state index in [-0.39, 0.29) is 12.2 Å². The van der Waals surface area contributed by atoms with E-state index in [0.29, 0.717) is 0 Å². The van der Waals surface area contributed by atoms with Crippen molar-refractivity contribution in [1.29, 1.82) is 0 Å². The second-order valence-corrected chi connectivity index (χ2v) is 12.6. The summed E-state index contributed by atoms with van der Waals surface area (Å²) in [5, 5.41) is 0. The van der Waals surface area contributed by atoms with Gasteiger partial charge in [0.25, 0.3) is 0 Å². The molecule has 0 saturated heterocycles. The zero-order valence-corrected chi connectivity index (χ0v) is 25.1. The van der Waals surface area contributed by atoms with E-state index < -0.39 is 18.6 Å². The normalized spacial score (nSPS) is 14.0. The van der Waals surface area contributed by atoms with Crippen molar-refractivity contribution in [3.05, 3.63) is 0 Å². The van der Waals surface area contributed by atoms with Gasteiger partial charge in [-0.05, 0) is 85.9 Å². The fourth-order valence-corrected chi connectivity index (χ4v) is 7.32. The van der Waals surface area contributed by atoms with Gasteiger partial charge < -0.3 is 27.2 Å². The van der Waals surface area contributed by atoms with Gasteiger partial charge in [0.05, 0.1) is 12.2 Å². The molecule has 7 nitrogen and oxygen atoms in total. The van der Waals surface area contributed by atoms with Gasteiger partial charge in [-0.2, -0.15) is 0 Å². The van der Waals surface area contributed by atoms with E-state index in [4.69, 9.17) is 27.2 Å². The molecule has 0 N–H and O–H groups in total. The Morgan fingerprint density at radius 2 is 0.939 bits per heavy atom. The first kappa shape index (κ1) is 33.2. The third kappa shape index (κ3) is 20.1. The van der Waals surface area contributed by atoms with Crippen LogP contribution in [0.5, 0.6) is 0 Å². The quantitative estimate of drug-likeness (QED) is 0.135. The highest BCUT2D eigenvalue weighted by Crippen LogP contribution is 2.08. The van der Waals surface area contributed by atoms with Crippen molar-refractivity contribution in [2.45, 2.75) is 98.4 Å². The van der Waals surface area contributed by atoms with E-state index in [1.807, 2.05) is 27.7 Å². The van der Waals surface area contributed by atoms with Crippen molar-refractivity contribution < 1.29 is 27.2 Å². The van der Waals surface area contributed by atoms with E-state index in [0.717, 1.165) is 97.0 Å². The third-order valence-corrected chi connectivity index (χ3v) is 9.94. The van der Waals surface area contributed by atoms with E-state index in [2.05, 4.69) is 25.7 Å². The van der Waals surface area contributed by atoms with Crippen molar-refractivity contribution in [3.8, 4) is 0 Å². The van der Waals surface area contributed by atoms with Crippen LogP contribution in [-0.4, -0.2) is 95.0 Å². The molecule has 0 aromatic rings. The lowest BCUT2D eigenvalue weighted by atomic mass is 10.3. The van der Waals surface area contributed by atoms with Gasteiger partial charge in [-0.1, -0.05) is 6.92 Å². The van der Waals surface area contributed by atoms with Crippen LogP contribution in [0.1, 0.15) is 74.1 Å². The van der Waals surface area contributed by atoms with Gasteiger partial charge in [0.1, 0.15) is 0 Å². The minimum Gasteiger partial charge on any atom is -0.397 e. The summed E-state index contributed by atoms with van der Waals surface area (Å²) in [7, 11) is -2.92. The lowest BCUT2D eigenvalue weighted by Gasteiger charge is -2.27. The molecule has 0 bridgehead atoms. The second-order valence-electron chi connectivity index (χ2n) is 8.39. The standard InChI is InChI=1S/C24H55NO6Si2/c1-8-25(21-23(6)26-17-13-15-19-32(28-9-2)29-10-3)22-24(7)27-18-14-16-20-33(30-11-4)31-12-5/h23-24,32-33H,8-22H2,1-7H3. The van der Waals surface area contributed by atoms with E-state index in [1.54, 1.807) is 0 Å². The van der Waals surface area contributed by atoms with Crippen LogP contribution < -0.4 is 0 Å². The second kappa shape index (κ2) is 23.9. The predicted molar refractivity (Wildman–Crippen MR) is 142 cm³/mol. The van der Waals surface area contributed by atoms with Gasteiger partial charge in [0.15, 0.2) is 0 Å². The molecule has 0 fully saturated rings. The molecule has 0 aliphatic heterocycles. The molecular weight excluding hydrogens is 454 g/mol. The third-order valence-electron chi connectivity index (χ3n) is 5.36. The fraction of sp³-hybridized carbons (Fsp3) is 1.00. The Balaban J connectivity index is 3.93. The molecule has 200 valence electrons. The van der Waals surface area contributed by atoms with Crippen LogP contribution in [0.15, 0.2) is 0 Å². The van der Waals surface area contributed by atoms with Gasteiger partial charge >= 0.3 is 18.6 Å². The molecule has 0 aromatic heterocycles. The average Bonchev–Trinajstić information content (AvgIpc) is 2.78. The monoisotopic (exact) mass is 509 g/mol. The Kier molecular flexibility index (Phi) is 24.0. The predicted octanol–water partition coefficient (Wildman–Crippen LogP) is 4.27. The smallest absolute Gasteiger partial charge is 0.321 e. The highest BCUT2D eigenvalue weighted by Gasteiger charge is 2.15. The summed E-state index contributed by atoms with van der Waals surface area (Å²) in [6.45, 7) is 22.2. The maximum absolute atomic E-state index is 6.06. The molecule has 0 amide bonds. The summed E-state index contributed by atoms with van der Waals surface area (Å²) >= 11 is 0. The number of rotatable bonds is 25. The minimum atomic E-state index is -1.46. The lowest BCUT2D eigenvalue weighted by molar-refractivity contribution is 0.00614. The molecule has 0 aliphatic carbocycles. The summed E-state index contributed by atoms with van der Waals surface area (Å²) in [4.78, 5) is 2.43. The van der Waals surface area contributed by atoms with E-state index >= 15 is 0 Å². The van der Waals surface area contributed by atoms with Gasteiger partial charge in [-0.15, -0.1) is 0 Å². The molecule has 2 unspecified atom stereocenters. The molecular formula is C24H55NO6Si2. The van der Waals surface area contributed by atoms with Crippen molar-refractivity contribution >= 4 is 18.6 Å². The topological polar surface area (TPSA) is 58.6 Å². The summed E-state index contributed by atoms with van der Waals surface area (Å²) < 4.78 is 35.1. The largest absolute Gasteiger partial charge is 0.397 e. The van der Waals surface area contributed by atoms with Crippen LogP contribution in [0.4, 0.5) is 0 Å². The molecule has 9 heteroatoms. The Hall–Kier alpha value is 0.154. The highest BCUT2D eigenvalue weighted by atomic mass is 28.3. The van der Waals surface area contributed by atoms with Gasteiger partial charge in [-0.25, -0.2) is 0 Å². The van der Waals surface area contributed by atoms with Crippen molar-refractivity contribution in [2.24, 2.45) is 0 Å². The minimum absolute atomic E-state index is 0.225. The van der Waals surface area contributed by atoms with Crippen LogP contribution in [-0.2, 0) is 27.2 Å². The Labute approximate surface area is 208 Å². The number of likely N-dealkylation sites (N-methyl/N-ethyl adjacent to an activating group) is 1. The van der Waals surface area contributed by atoms with Crippen molar-refractivity contribution in [3.63, 3.8) is 0 Å². The van der Waals surface area contributed by atoms with E-state index in [1.165, 1.54) is 0 Å². The highest BCUT2D eigenvalue weighted by molar-refractivity contribution is 6.44. The van der Waals surface area contributed by atoms with Crippen LogP contribution in [0, 0.1) is 0 Å². The first-order valence-corrected chi connectivity index (χ1v) is 16.9. The molecule has 2 atom stereocenters. The van der Waals surface area contributed by atoms with Gasteiger partial charge in [0.2, 0.25) is 0 Å². The first-order chi connectivity index (χ1) is 16.0. The first-order valence-electron chi connectivity index (χ1n) is 13.4. The van der Waals surface area contributed by atoms with Gasteiger partial charge in [0, 0.05) is 52.7 Å². The zero-order chi connectivity index (χ0) is 24.7. The number of hydrogen-bond acceptors (Lipinski definition) is 7. The molecule has 0 rings (SSSR count). The lowest BCUT2D eigenvalue weighted by Crippen LogP contribution is -2.38. The Morgan fingerprint density at radius 3 is 1.24 bits per heavy atom. The average molecular weight is 510 g/mol. The molecule has 33 heavy (non-hydrogen) atoms. The SMILES string of the molecule is CCO[SiH](CCCCOC(C)CN(CC)CC(C)OCCCC[SiH](OCC)OCC)OCC. The van der Waals surface area contributed by atoms with E-state index in [9.17, 15) is 0 Å². The molecule has 0 saturated carbocycles. The number of nitrogens with zero attached hydrogens (tertiary/aromatic N) is 1. The molecule has 0 radical (unpaired) electrons. The summed E-state index contributed by atoms with van der Waals surface area (Å²) in [6.07, 6.45) is 4.81. The number of unbranched alkanes of at least 4 members (excludes halogenated alkanes) is 2.